The second-order valence-electron chi connectivity index (χ2n) is 8.64. The number of rotatable bonds is 7. The van der Waals surface area contributed by atoms with Gasteiger partial charge in [0.15, 0.2) is 14.9 Å². The Bertz CT molecular complexity index is 1370. The van der Waals surface area contributed by atoms with Gasteiger partial charge in [-0.25, -0.2) is 18.3 Å². The molecule has 2 aromatic carbocycles. The van der Waals surface area contributed by atoms with Crippen LogP contribution < -0.4 is 4.90 Å². The number of halogens is 3. The highest BCUT2D eigenvalue weighted by molar-refractivity contribution is 9.10. The lowest BCUT2D eigenvalue weighted by atomic mass is 9.92. The van der Waals surface area contributed by atoms with E-state index in [4.69, 9.17) is 27.9 Å². The number of anilines is 2. The van der Waals surface area contributed by atoms with Gasteiger partial charge in [0.2, 0.25) is 5.95 Å². The highest BCUT2D eigenvalue weighted by atomic mass is 79.9. The van der Waals surface area contributed by atoms with Crippen molar-refractivity contribution in [1.29, 1.82) is 0 Å². The number of aromatic nitrogens is 2. The largest absolute Gasteiger partial charge is 0.373 e. The molecule has 5 rings (SSSR count). The van der Waals surface area contributed by atoms with Crippen LogP contribution in [0.25, 0.3) is 0 Å². The second kappa shape index (κ2) is 8.64. The highest BCUT2D eigenvalue weighted by Crippen LogP contribution is 2.44. The molecule has 0 aliphatic carbocycles. The van der Waals surface area contributed by atoms with Gasteiger partial charge in [-0.2, -0.15) is 0 Å². The minimum atomic E-state index is -3.73. The van der Waals surface area contributed by atoms with E-state index in [2.05, 4.69) is 20.9 Å². The molecular weight excluding hydrogens is 565 g/mol. The predicted octanol–water partition coefficient (Wildman–Crippen LogP) is 5.15. The molecule has 178 valence electrons. The number of carbonyl (C=O) groups excluding carboxylic acids is 1. The SMILES string of the molecule is CC1(Cc2ccc(Br)cc2)C(=O)N(c2cc(Cl)cc(Cl)c2)c2ncc(S(=O)(=O)CCC3CO3)n21. The van der Waals surface area contributed by atoms with E-state index >= 15 is 0 Å². The van der Waals surface area contributed by atoms with Gasteiger partial charge in [0.25, 0.3) is 5.91 Å². The lowest BCUT2D eigenvalue weighted by Crippen LogP contribution is -2.42. The first-order valence-corrected chi connectivity index (χ1v) is 13.8. The number of benzene rings is 2. The van der Waals surface area contributed by atoms with Crippen LogP contribution in [0, 0.1) is 0 Å². The van der Waals surface area contributed by atoms with Crippen molar-refractivity contribution in [3.05, 3.63) is 68.7 Å². The zero-order valence-electron chi connectivity index (χ0n) is 18.0. The zero-order valence-corrected chi connectivity index (χ0v) is 22.0. The Hall–Kier alpha value is -1.91. The summed E-state index contributed by atoms with van der Waals surface area (Å²) < 4.78 is 34.3. The maximum atomic E-state index is 13.9. The van der Waals surface area contributed by atoms with Crippen molar-refractivity contribution in [2.24, 2.45) is 0 Å². The Morgan fingerprint density at radius 1 is 1.18 bits per heavy atom. The quantitative estimate of drug-likeness (QED) is 0.359. The number of carbonyl (C=O) groups is 1. The molecule has 2 unspecified atom stereocenters. The van der Waals surface area contributed by atoms with Crippen LogP contribution in [-0.4, -0.2) is 42.3 Å². The Morgan fingerprint density at radius 3 is 2.44 bits per heavy atom. The fourth-order valence-corrected chi connectivity index (χ4v) is 6.61. The average Bonchev–Trinajstić information content (AvgIpc) is 3.45. The molecule has 2 aliphatic rings. The minimum absolute atomic E-state index is 0.00624. The van der Waals surface area contributed by atoms with Gasteiger partial charge >= 0.3 is 0 Å². The van der Waals surface area contributed by atoms with Gasteiger partial charge < -0.3 is 4.74 Å². The second-order valence-corrected chi connectivity index (χ2v) is 12.5. The van der Waals surface area contributed by atoms with Crippen molar-refractivity contribution in [2.75, 3.05) is 17.3 Å². The van der Waals surface area contributed by atoms with Crippen molar-refractivity contribution in [1.82, 2.24) is 9.55 Å². The number of amides is 1. The third-order valence-corrected chi connectivity index (χ3v) is 8.73. The number of sulfone groups is 1. The van der Waals surface area contributed by atoms with Gasteiger partial charge in [-0.15, -0.1) is 0 Å². The first-order valence-electron chi connectivity index (χ1n) is 10.6. The molecule has 1 fully saturated rings. The molecule has 1 saturated heterocycles. The molecule has 0 bridgehead atoms. The number of ether oxygens (including phenoxy) is 1. The molecule has 2 atom stereocenters. The van der Waals surface area contributed by atoms with E-state index in [-0.39, 0.29) is 35.2 Å². The van der Waals surface area contributed by atoms with E-state index in [1.807, 2.05) is 24.3 Å². The topological polar surface area (TPSA) is 84.8 Å². The Morgan fingerprint density at radius 2 is 1.82 bits per heavy atom. The maximum Gasteiger partial charge on any atom is 0.260 e. The van der Waals surface area contributed by atoms with Crippen LogP contribution >= 0.6 is 39.1 Å². The van der Waals surface area contributed by atoms with Gasteiger partial charge in [0.05, 0.1) is 30.3 Å². The highest BCUT2D eigenvalue weighted by Gasteiger charge is 2.51. The number of hydrogen-bond donors (Lipinski definition) is 0. The van der Waals surface area contributed by atoms with E-state index in [0.29, 0.717) is 28.8 Å². The molecule has 3 aromatic rings. The van der Waals surface area contributed by atoms with Crippen LogP contribution in [0.3, 0.4) is 0 Å². The van der Waals surface area contributed by atoms with E-state index in [0.717, 1.165) is 10.0 Å². The Labute approximate surface area is 215 Å². The van der Waals surface area contributed by atoms with Crippen LogP contribution in [0.1, 0.15) is 18.9 Å². The van der Waals surface area contributed by atoms with Gasteiger partial charge in [0.1, 0.15) is 5.54 Å². The number of epoxide rings is 1. The monoisotopic (exact) mass is 583 g/mol. The van der Waals surface area contributed by atoms with Crippen LogP contribution in [0.15, 0.2) is 58.2 Å². The zero-order chi connectivity index (χ0) is 24.3. The van der Waals surface area contributed by atoms with Crippen molar-refractivity contribution >= 4 is 66.5 Å². The van der Waals surface area contributed by atoms with E-state index in [1.165, 1.54) is 15.7 Å². The minimum Gasteiger partial charge on any atom is -0.373 e. The van der Waals surface area contributed by atoms with Crippen molar-refractivity contribution < 1.29 is 17.9 Å². The fourth-order valence-electron chi connectivity index (χ4n) is 4.28. The Kier molecular flexibility index (Phi) is 6.05. The molecule has 11 heteroatoms. The van der Waals surface area contributed by atoms with E-state index < -0.39 is 15.4 Å². The van der Waals surface area contributed by atoms with Crippen molar-refractivity contribution in [3.63, 3.8) is 0 Å². The first-order chi connectivity index (χ1) is 16.1. The number of imidazole rings is 1. The molecule has 1 aromatic heterocycles. The van der Waals surface area contributed by atoms with Gasteiger partial charge in [-0.1, -0.05) is 51.3 Å². The van der Waals surface area contributed by atoms with E-state index in [9.17, 15) is 13.2 Å². The smallest absolute Gasteiger partial charge is 0.260 e. The van der Waals surface area contributed by atoms with Crippen molar-refractivity contribution in [3.8, 4) is 0 Å². The van der Waals surface area contributed by atoms with Crippen LogP contribution in [0.5, 0.6) is 0 Å². The molecule has 3 heterocycles. The normalized spacial score (nSPS) is 21.7. The number of fused-ring (bicyclic) bond motifs is 1. The summed E-state index contributed by atoms with van der Waals surface area (Å²) in [5, 5.41) is 0.714. The van der Waals surface area contributed by atoms with Gasteiger partial charge in [-0.05, 0) is 49.2 Å². The molecule has 0 spiro atoms. The number of nitrogens with zero attached hydrogens (tertiary/aromatic N) is 3. The average molecular weight is 585 g/mol. The third kappa shape index (κ3) is 4.28. The molecule has 1 amide bonds. The van der Waals surface area contributed by atoms with Gasteiger partial charge in [-0.3, -0.25) is 9.36 Å². The molecule has 2 aliphatic heterocycles. The van der Waals surface area contributed by atoms with Crippen LogP contribution in [0.2, 0.25) is 10.0 Å². The Balaban J connectivity index is 1.64. The summed E-state index contributed by atoms with van der Waals surface area (Å²) in [4.78, 5) is 19.7. The molecular formula is C23H20BrCl2N3O4S. The van der Waals surface area contributed by atoms with Gasteiger partial charge in [0, 0.05) is 20.9 Å². The summed E-state index contributed by atoms with van der Waals surface area (Å²) in [7, 11) is -3.73. The molecule has 0 radical (unpaired) electrons. The molecule has 0 saturated carbocycles. The molecule has 7 nitrogen and oxygen atoms in total. The lowest BCUT2D eigenvalue weighted by molar-refractivity contribution is -0.124. The lowest BCUT2D eigenvalue weighted by Gasteiger charge is -2.26. The van der Waals surface area contributed by atoms with Crippen LogP contribution in [-0.2, 0) is 31.3 Å². The maximum absolute atomic E-state index is 13.9. The standard InChI is InChI=1S/C23H20BrCl2N3O4S/c1-23(11-14-2-4-15(24)5-3-14)21(30)28(18-9-16(25)8-17(26)10-18)22-27-12-20(29(22)23)34(31,32)7-6-19-13-33-19/h2-5,8-10,12,19H,6-7,11,13H2,1H3. The third-order valence-electron chi connectivity index (χ3n) is 6.06. The van der Waals surface area contributed by atoms with Crippen molar-refractivity contribution in [2.45, 2.75) is 36.4 Å². The summed E-state index contributed by atoms with van der Waals surface area (Å²) in [6.45, 7) is 2.31. The summed E-state index contributed by atoms with van der Waals surface area (Å²) in [6.07, 6.45) is 1.95. The fraction of sp³-hybridized carbons (Fsp3) is 0.304. The molecule has 34 heavy (non-hydrogen) atoms. The predicted molar refractivity (Wildman–Crippen MR) is 134 cm³/mol. The number of hydrogen-bond acceptors (Lipinski definition) is 5. The summed E-state index contributed by atoms with van der Waals surface area (Å²) >= 11 is 15.8. The summed E-state index contributed by atoms with van der Waals surface area (Å²) in [5.74, 6) is -0.197. The van der Waals surface area contributed by atoms with Crippen LogP contribution in [0.4, 0.5) is 11.6 Å². The van der Waals surface area contributed by atoms with E-state index in [1.54, 1.807) is 25.1 Å². The first kappa shape index (κ1) is 23.8. The summed E-state index contributed by atoms with van der Waals surface area (Å²) in [5.41, 5.74) is 0.0519. The summed E-state index contributed by atoms with van der Waals surface area (Å²) in [6, 6.07) is 12.3. The molecule has 0 N–H and O–H groups in total.